The van der Waals surface area contributed by atoms with E-state index in [4.69, 9.17) is 4.74 Å². The fourth-order valence-electron chi connectivity index (χ4n) is 3.34. The highest BCUT2D eigenvalue weighted by molar-refractivity contribution is 5.88. The summed E-state index contributed by atoms with van der Waals surface area (Å²) in [6, 6.07) is -0.696. The van der Waals surface area contributed by atoms with Gasteiger partial charge in [-0.15, -0.1) is 0 Å². The van der Waals surface area contributed by atoms with Crippen LogP contribution in [0.3, 0.4) is 0 Å². The van der Waals surface area contributed by atoms with Crippen molar-refractivity contribution in [2.45, 2.75) is 45.2 Å². The molecular weight excluding hydrogens is 244 g/mol. The number of methoxy groups -OCH3 is 1. The Kier molecular flexibility index (Phi) is 4.45. The van der Waals surface area contributed by atoms with Gasteiger partial charge in [-0.2, -0.15) is 0 Å². The van der Waals surface area contributed by atoms with Gasteiger partial charge in [-0.05, 0) is 37.1 Å². The highest BCUT2D eigenvalue weighted by atomic mass is 16.5. The van der Waals surface area contributed by atoms with E-state index in [1.165, 1.54) is 20.0 Å². The minimum atomic E-state index is -0.556. The van der Waals surface area contributed by atoms with E-state index < -0.39 is 6.04 Å². The summed E-state index contributed by atoms with van der Waals surface area (Å²) < 4.78 is 4.75. The van der Waals surface area contributed by atoms with Crippen molar-refractivity contribution in [3.63, 3.8) is 0 Å². The normalized spacial score (nSPS) is 31.1. The van der Waals surface area contributed by atoms with E-state index in [2.05, 4.69) is 10.6 Å². The van der Waals surface area contributed by atoms with Crippen LogP contribution >= 0.6 is 0 Å². The zero-order valence-electron chi connectivity index (χ0n) is 11.9. The Morgan fingerprint density at radius 3 is 2.68 bits per heavy atom. The summed E-state index contributed by atoms with van der Waals surface area (Å²) in [7, 11) is 1.35. The van der Waals surface area contributed by atoms with Crippen LogP contribution in [0.5, 0.6) is 0 Å². The molecule has 5 nitrogen and oxygen atoms in total. The summed E-state index contributed by atoms with van der Waals surface area (Å²) in [5.74, 6) is 0.664. The lowest BCUT2D eigenvalue weighted by Crippen LogP contribution is -2.52. The molecule has 1 aliphatic carbocycles. The van der Waals surface area contributed by atoms with Crippen molar-refractivity contribution in [3.8, 4) is 0 Å². The second-order valence-corrected chi connectivity index (χ2v) is 5.99. The van der Waals surface area contributed by atoms with E-state index in [-0.39, 0.29) is 23.8 Å². The maximum absolute atomic E-state index is 12.3. The predicted molar refractivity (Wildman–Crippen MR) is 71.4 cm³/mol. The Bertz CT molecular complexity index is 357. The quantitative estimate of drug-likeness (QED) is 0.736. The van der Waals surface area contributed by atoms with Crippen molar-refractivity contribution in [2.75, 3.05) is 13.7 Å². The Morgan fingerprint density at radius 1 is 1.32 bits per heavy atom. The largest absolute Gasteiger partial charge is 0.467 e. The molecule has 0 spiro atoms. The Morgan fingerprint density at radius 2 is 2.05 bits per heavy atom. The summed E-state index contributed by atoms with van der Waals surface area (Å²) in [4.78, 5) is 24.0. The summed E-state index contributed by atoms with van der Waals surface area (Å²) in [6.45, 7) is 4.73. The van der Waals surface area contributed by atoms with Crippen LogP contribution in [0.1, 0.15) is 33.1 Å². The van der Waals surface area contributed by atoms with Crippen LogP contribution in [0, 0.1) is 17.8 Å². The Labute approximate surface area is 114 Å². The highest BCUT2D eigenvalue weighted by Crippen LogP contribution is 2.37. The molecule has 1 saturated heterocycles. The van der Waals surface area contributed by atoms with E-state index in [0.29, 0.717) is 11.8 Å². The minimum absolute atomic E-state index is 0.0252. The average molecular weight is 268 g/mol. The molecule has 2 fully saturated rings. The highest BCUT2D eigenvalue weighted by Gasteiger charge is 2.43. The molecule has 2 rings (SSSR count). The molecule has 1 amide bonds. The molecule has 0 aromatic heterocycles. The molecule has 19 heavy (non-hydrogen) atoms. The lowest BCUT2D eigenvalue weighted by Gasteiger charge is -2.24. The zero-order valence-corrected chi connectivity index (χ0v) is 11.9. The van der Waals surface area contributed by atoms with Crippen LogP contribution in [0.15, 0.2) is 0 Å². The smallest absolute Gasteiger partial charge is 0.328 e. The first kappa shape index (κ1) is 14.3. The maximum atomic E-state index is 12.3. The number of fused-ring (bicyclic) bond motifs is 1. The molecule has 4 atom stereocenters. The second-order valence-electron chi connectivity index (χ2n) is 5.99. The number of rotatable bonds is 4. The van der Waals surface area contributed by atoms with E-state index in [0.717, 1.165) is 13.0 Å². The van der Waals surface area contributed by atoms with Gasteiger partial charge in [0.25, 0.3) is 0 Å². The molecule has 2 aliphatic rings. The first-order chi connectivity index (χ1) is 9.04. The van der Waals surface area contributed by atoms with Crippen LogP contribution in [0.4, 0.5) is 0 Å². The molecular formula is C14H24N2O3. The van der Waals surface area contributed by atoms with Crippen molar-refractivity contribution < 1.29 is 14.3 Å². The van der Waals surface area contributed by atoms with Crippen LogP contribution in [-0.2, 0) is 14.3 Å². The predicted octanol–water partition coefficient (Wildman–Crippen LogP) is 0.688. The molecule has 0 radical (unpaired) electrons. The molecule has 1 saturated carbocycles. The van der Waals surface area contributed by atoms with E-state index >= 15 is 0 Å². The molecule has 108 valence electrons. The fraction of sp³-hybridized carbons (Fsp3) is 0.857. The van der Waals surface area contributed by atoms with Crippen molar-refractivity contribution in [2.24, 2.45) is 17.8 Å². The molecule has 1 heterocycles. The van der Waals surface area contributed by atoms with Gasteiger partial charge in [-0.3, -0.25) is 4.79 Å². The lowest BCUT2D eigenvalue weighted by molar-refractivity contribution is -0.146. The summed E-state index contributed by atoms with van der Waals surface area (Å²) >= 11 is 0. The third kappa shape index (κ3) is 2.91. The number of carbonyl (C=O) groups is 2. The number of esters is 1. The van der Waals surface area contributed by atoms with Gasteiger partial charge in [0, 0.05) is 0 Å². The molecule has 0 aromatic rings. The van der Waals surface area contributed by atoms with Crippen LogP contribution in [-0.4, -0.2) is 37.6 Å². The van der Waals surface area contributed by atoms with Crippen LogP contribution in [0.25, 0.3) is 0 Å². The van der Waals surface area contributed by atoms with E-state index in [1.807, 2.05) is 13.8 Å². The van der Waals surface area contributed by atoms with Crippen molar-refractivity contribution in [3.05, 3.63) is 0 Å². The molecule has 1 aliphatic heterocycles. The molecule has 2 N–H and O–H groups in total. The van der Waals surface area contributed by atoms with Crippen molar-refractivity contribution in [1.82, 2.24) is 10.6 Å². The fourth-order valence-corrected chi connectivity index (χ4v) is 3.34. The summed E-state index contributed by atoms with van der Waals surface area (Å²) in [5, 5.41) is 6.14. The maximum Gasteiger partial charge on any atom is 0.328 e. The first-order valence-corrected chi connectivity index (χ1v) is 7.16. The number of nitrogens with one attached hydrogen (secondary N) is 2. The van der Waals surface area contributed by atoms with Crippen molar-refractivity contribution in [1.29, 1.82) is 0 Å². The average Bonchev–Trinajstić information content (AvgIpc) is 2.96. The number of carbonyl (C=O) groups excluding carboxylic acids is 2. The van der Waals surface area contributed by atoms with Gasteiger partial charge in [0.05, 0.1) is 13.2 Å². The van der Waals surface area contributed by atoms with Crippen molar-refractivity contribution >= 4 is 11.9 Å². The monoisotopic (exact) mass is 268 g/mol. The van der Waals surface area contributed by atoms with Gasteiger partial charge >= 0.3 is 5.97 Å². The Balaban J connectivity index is 1.97. The second kappa shape index (κ2) is 5.90. The molecule has 0 aromatic carbocycles. The number of amides is 1. The van der Waals surface area contributed by atoms with E-state index in [1.54, 1.807) is 0 Å². The molecule has 5 heteroatoms. The number of ether oxygens (including phenoxy) is 1. The third-order valence-electron chi connectivity index (χ3n) is 4.45. The third-order valence-corrected chi connectivity index (χ3v) is 4.45. The summed E-state index contributed by atoms with van der Waals surface area (Å²) in [6.07, 6.45) is 3.54. The van der Waals surface area contributed by atoms with Gasteiger partial charge in [0.15, 0.2) is 0 Å². The first-order valence-electron chi connectivity index (χ1n) is 7.16. The van der Waals surface area contributed by atoms with Crippen LogP contribution in [0.2, 0.25) is 0 Å². The van der Waals surface area contributed by atoms with E-state index in [9.17, 15) is 9.59 Å². The van der Waals surface area contributed by atoms with Gasteiger partial charge in [0.2, 0.25) is 5.91 Å². The molecule has 4 unspecified atom stereocenters. The zero-order chi connectivity index (χ0) is 14.0. The SMILES string of the molecule is COC(=O)C(NC(=O)C1NCC2CCCC21)C(C)C. The van der Waals surface area contributed by atoms with Gasteiger partial charge in [-0.25, -0.2) is 4.79 Å². The molecule has 0 bridgehead atoms. The topological polar surface area (TPSA) is 67.4 Å². The minimum Gasteiger partial charge on any atom is -0.467 e. The van der Waals surface area contributed by atoms with Gasteiger partial charge in [-0.1, -0.05) is 20.3 Å². The van der Waals surface area contributed by atoms with Gasteiger partial charge < -0.3 is 15.4 Å². The lowest BCUT2D eigenvalue weighted by atomic mass is 9.93. The standard InChI is InChI=1S/C14H24N2O3/c1-8(2)11(14(18)19-3)16-13(17)12-10-6-4-5-9(10)7-15-12/h8-12,15H,4-7H2,1-3H3,(H,16,17). The number of hydrogen-bond acceptors (Lipinski definition) is 4. The van der Waals surface area contributed by atoms with Crippen LogP contribution < -0.4 is 10.6 Å². The Hall–Kier alpha value is -1.10. The van der Waals surface area contributed by atoms with Gasteiger partial charge in [0.1, 0.15) is 6.04 Å². The number of hydrogen-bond donors (Lipinski definition) is 2. The summed E-state index contributed by atoms with van der Waals surface area (Å²) in [5.41, 5.74) is 0.